The van der Waals surface area contributed by atoms with Crippen molar-refractivity contribution in [3.05, 3.63) is 70.5 Å². The number of rotatable bonds is 8. The van der Waals surface area contributed by atoms with Crippen LogP contribution < -0.4 is 9.46 Å². The van der Waals surface area contributed by atoms with E-state index in [0.29, 0.717) is 36.8 Å². The molecular weight excluding hydrogens is 625 g/mol. The summed E-state index contributed by atoms with van der Waals surface area (Å²) in [6.07, 6.45) is 12.5. The fourth-order valence-electron chi connectivity index (χ4n) is 7.56. The average Bonchev–Trinajstić information content (AvgIpc) is 3.66. The lowest BCUT2D eigenvalue weighted by atomic mass is 9.81. The molecule has 0 atom stereocenters. The second-order valence-corrected chi connectivity index (χ2v) is 14.4. The fourth-order valence-corrected chi connectivity index (χ4v) is 8.02. The lowest BCUT2D eigenvalue weighted by Crippen LogP contribution is -2.22. The number of fused-ring (bicyclic) bond motifs is 5. The molecule has 9 nitrogen and oxygen atoms in total. The highest BCUT2D eigenvalue weighted by molar-refractivity contribution is 7.98. The summed E-state index contributed by atoms with van der Waals surface area (Å²) in [5.41, 5.74) is 8.88. The zero-order valence-electron chi connectivity index (χ0n) is 28.3. The van der Waals surface area contributed by atoms with E-state index < -0.39 is 0 Å². The quantitative estimate of drug-likeness (QED) is 0.146. The summed E-state index contributed by atoms with van der Waals surface area (Å²) < 4.78 is 18.9. The third kappa shape index (κ3) is 6.58. The van der Waals surface area contributed by atoms with Gasteiger partial charge < -0.3 is 19.1 Å². The lowest BCUT2D eigenvalue weighted by molar-refractivity contribution is 0.0660. The van der Waals surface area contributed by atoms with Gasteiger partial charge in [-0.25, -0.2) is 0 Å². The van der Waals surface area contributed by atoms with Crippen molar-refractivity contribution >= 4 is 46.7 Å². The summed E-state index contributed by atoms with van der Waals surface area (Å²) in [5.74, 6) is 1.12. The number of nitrogens with one attached hydrogen (secondary N) is 1. The number of benzene rings is 2. The van der Waals surface area contributed by atoms with Crippen LogP contribution in [-0.2, 0) is 11.3 Å². The van der Waals surface area contributed by atoms with Gasteiger partial charge in [-0.1, -0.05) is 39.2 Å². The number of aromatic nitrogens is 3. The Morgan fingerprint density at radius 3 is 2.54 bits per heavy atom. The van der Waals surface area contributed by atoms with Crippen molar-refractivity contribution in [2.75, 3.05) is 27.4 Å². The van der Waals surface area contributed by atoms with Gasteiger partial charge in [-0.3, -0.25) is 19.0 Å². The van der Waals surface area contributed by atoms with Crippen molar-refractivity contribution in [1.82, 2.24) is 19.1 Å². The molecule has 1 saturated heterocycles. The second kappa shape index (κ2) is 15.1. The van der Waals surface area contributed by atoms with Crippen LogP contribution in [0.15, 0.2) is 42.6 Å². The topological polar surface area (TPSA) is 108 Å². The number of amides is 1. The summed E-state index contributed by atoms with van der Waals surface area (Å²) in [4.78, 5) is 25.9. The van der Waals surface area contributed by atoms with Crippen LogP contribution in [-0.4, -0.2) is 64.3 Å². The molecule has 2 fully saturated rings. The molecule has 4 aromatic rings. The van der Waals surface area contributed by atoms with Gasteiger partial charge >= 0.3 is 0 Å². The molecule has 48 heavy (non-hydrogen) atoms. The highest BCUT2D eigenvalue weighted by atomic mass is 32.2. The number of ether oxygens (including phenoxy) is 2. The Kier molecular flexibility index (Phi) is 10.7. The van der Waals surface area contributed by atoms with Crippen molar-refractivity contribution in [2.45, 2.75) is 82.5 Å². The van der Waals surface area contributed by atoms with Gasteiger partial charge in [0.05, 0.1) is 42.8 Å². The van der Waals surface area contributed by atoms with E-state index in [1.165, 1.54) is 47.9 Å². The number of allylic oxidation sites excluding steroid dienone is 1. The van der Waals surface area contributed by atoms with Gasteiger partial charge in [0.25, 0.3) is 5.91 Å². The number of aliphatic hydroxyl groups is 1. The minimum Gasteiger partial charge on any atom is -0.497 e. The van der Waals surface area contributed by atoms with Crippen LogP contribution in [0.25, 0.3) is 33.8 Å². The van der Waals surface area contributed by atoms with E-state index in [4.69, 9.17) is 19.7 Å². The number of nitrogens with zero attached hydrogens (tertiary/aromatic N) is 3. The van der Waals surface area contributed by atoms with Crippen molar-refractivity contribution < 1.29 is 24.2 Å². The van der Waals surface area contributed by atoms with Crippen molar-refractivity contribution in [3.63, 3.8) is 0 Å². The van der Waals surface area contributed by atoms with Gasteiger partial charge in [-0.15, -0.1) is 0 Å². The highest BCUT2D eigenvalue weighted by Crippen LogP contribution is 2.48. The molecule has 0 unspecified atom stereocenters. The molecule has 7 rings (SSSR count). The molecule has 0 spiro atoms. The van der Waals surface area contributed by atoms with Crippen molar-refractivity contribution in [3.8, 4) is 17.0 Å². The lowest BCUT2D eigenvalue weighted by Gasteiger charge is -2.25. The maximum Gasteiger partial charge on any atom is 0.261 e. The van der Waals surface area contributed by atoms with Gasteiger partial charge in [-0.2, -0.15) is 5.10 Å². The molecule has 2 aromatic heterocycles. The van der Waals surface area contributed by atoms with Gasteiger partial charge in [-0.05, 0) is 96.7 Å². The summed E-state index contributed by atoms with van der Waals surface area (Å²) in [6.45, 7) is 6.02. The Morgan fingerprint density at radius 1 is 1.06 bits per heavy atom. The van der Waals surface area contributed by atoms with Crippen LogP contribution in [0.2, 0.25) is 0 Å². The maximum atomic E-state index is 13.3. The highest BCUT2D eigenvalue weighted by Gasteiger charge is 2.32. The molecule has 1 aliphatic carbocycles. The van der Waals surface area contributed by atoms with Crippen LogP contribution in [0, 0.1) is 0 Å². The molecule has 3 aliphatic rings. The van der Waals surface area contributed by atoms with Crippen LogP contribution in [0.3, 0.4) is 0 Å². The Labute approximate surface area is 286 Å². The van der Waals surface area contributed by atoms with Crippen LogP contribution in [0.5, 0.6) is 5.75 Å². The predicted octanol–water partition coefficient (Wildman–Crippen LogP) is 7.67. The van der Waals surface area contributed by atoms with Gasteiger partial charge in [0.2, 0.25) is 0 Å². The number of carbonyl (C=O) groups is 2. The first kappa shape index (κ1) is 34.0. The standard InChI is InChI=1S/C37H42N4O4S.CH4O/c1-23(2)46-39-37(43)25-9-11-32-33(19-25)40-21-27(35-28(22-42)20-38-41(35)29-13-15-45-16-14-29)17-26-18-30(44-3)10-12-31(26)36(40)34(32)24-7-5-4-6-8-24;1-2/h9-12,17-20,22-24,29H,4-8,13-16,21H2,1-3H3,(H,39,43);2H,1H3. The van der Waals surface area contributed by atoms with E-state index in [1.54, 1.807) is 13.3 Å². The minimum absolute atomic E-state index is 0.0919. The van der Waals surface area contributed by atoms with Crippen molar-refractivity contribution in [2.24, 2.45) is 0 Å². The molecule has 10 heteroatoms. The van der Waals surface area contributed by atoms with Gasteiger partial charge in [0.15, 0.2) is 6.29 Å². The Hall–Kier alpha value is -3.86. The van der Waals surface area contributed by atoms with E-state index in [1.807, 2.05) is 12.1 Å². The normalized spacial score (nSPS) is 16.8. The third-order valence-corrected chi connectivity index (χ3v) is 10.5. The predicted molar refractivity (Wildman–Crippen MR) is 193 cm³/mol. The van der Waals surface area contributed by atoms with E-state index >= 15 is 0 Å². The average molecular weight is 671 g/mol. The number of methoxy groups -OCH3 is 1. The third-order valence-electron chi connectivity index (χ3n) is 9.73. The molecule has 1 saturated carbocycles. The molecule has 0 bridgehead atoms. The SMILES string of the molecule is CO.COc1ccc2c(c1)C=C(c1c(C=O)cnn1C1CCOCC1)Cn1c-2c(C2CCCCC2)c2ccc(C(=O)NSC(C)C)cc21. The van der Waals surface area contributed by atoms with Crippen LogP contribution in [0.4, 0.5) is 0 Å². The zero-order valence-corrected chi connectivity index (χ0v) is 29.1. The Bertz CT molecular complexity index is 1810. The fraction of sp³-hybridized carbons (Fsp3) is 0.447. The molecule has 4 heterocycles. The first-order chi connectivity index (χ1) is 23.5. The summed E-state index contributed by atoms with van der Waals surface area (Å²) >= 11 is 1.43. The van der Waals surface area contributed by atoms with E-state index in [-0.39, 0.29) is 17.2 Å². The maximum absolute atomic E-state index is 13.3. The van der Waals surface area contributed by atoms with Gasteiger partial charge in [0.1, 0.15) is 5.75 Å². The number of hydrogen-bond donors (Lipinski definition) is 2. The Balaban J connectivity index is 0.00000197. The summed E-state index contributed by atoms with van der Waals surface area (Å²) in [6, 6.07) is 12.7. The van der Waals surface area contributed by atoms with Crippen LogP contribution in [0.1, 0.15) is 108 Å². The van der Waals surface area contributed by atoms with Gasteiger partial charge in [0, 0.05) is 47.6 Å². The molecular formula is C38H46N4O5S. The molecule has 1 amide bonds. The number of hydrogen-bond acceptors (Lipinski definition) is 7. The Morgan fingerprint density at radius 2 is 1.83 bits per heavy atom. The molecule has 2 N–H and O–H groups in total. The minimum atomic E-state index is -0.0919. The molecule has 2 aliphatic heterocycles. The summed E-state index contributed by atoms with van der Waals surface area (Å²) in [7, 11) is 2.70. The summed E-state index contributed by atoms with van der Waals surface area (Å²) in [5, 5.41) is 13.3. The number of aldehydes is 1. The first-order valence-electron chi connectivity index (χ1n) is 17.0. The molecule has 0 radical (unpaired) electrons. The number of carbonyl (C=O) groups excluding carboxylic acids is 2. The number of aliphatic hydroxyl groups excluding tert-OH is 1. The largest absolute Gasteiger partial charge is 0.497 e. The molecule has 254 valence electrons. The monoisotopic (exact) mass is 670 g/mol. The van der Waals surface area contributed by atoms with Crippen LogP contribution >= 0.6 is 11.9 Å². The molecule has 2 aromatic carbocycles. The smallest absolute Gasteiger partial charge is 0.261 e. The van der Waals surface area contributed by atoms with Crippen molar-refractivity contribution in [1.29, 1.82) is 0 Å². The zero-order chi connectivity index (χ0) is 33.8. The first-order valence-corrected chi connectivity index (χ1v) is 17.9. The second-order valence-electron chi connectivity index (χ2n) is 13.0. The van der Waals surface area contributed by atoms with E-state index in [9.17, 15) is 9.59 Å². The van der Waals surface area contributed by atoms with E-state index in [2.05, 4.69) is 58.2 Å². The van der Waals surface area contributed by atoms with E-state index in [0.717, 1.165) is 72.7 Å².